The highest BCUT2D eigenvalue weighted by molar-refractivity contribution is 5.77. The Labute approximate surface area is 123 Å². The minimum Gasteiger partial charge on any atom is -0.337 e. The summed E-state index contributed by atoms with van der Waals surface area (Å²) in [6.45, 7) is 11.8. The Bertz CT molecular complexity index is 350. The van der Waals surface area contributed by atoms with Gasteiger partial charge in [-0.25, -0.2) is 0 Å². The molecule has 20 heavy (non-hydrogen) atoms. The van der Waals surface area contributed by atoms with Gasteiger partial charge in [-0.2, -0.15) is 0 Å². The lowest BCUT2D eigenvalue weighted by Crippen LogP contribution is -2.57. The lowest BCUT2D eigenvalue weighted by Gasteiger charge is -2.42. The fourth-order valence-electron chi connectivity index (χ4n) is 3.74. The summed E-state index contributed by atoms with van der Waals surface area (Å²) in [5, 5.41) is 0. The molecule has 0 aromatic rings. The first-order valence-electron chi connectivity index (χ1n) is 8.05. The van der Waals surface area contributed by atoms with Crippen LogP contribution in [-0.4, -0.2) is 53.5 Å². The molecule has 2 saturated heterocycles. The number of piperazine rings is 1. The van der Waals surface area contributed by atoms with Crippen LogP contribution in [0.15, 0.2) is 0 Å². The fraction of sp³-hybridized carbons (Fsp3) is 0.938. The van der Waals surface area contributed by atoms with Crippen molar-refractivity contribution < 1.29 is 4.79 Å². The predicted octanol–water partition coefficient (Wildman–Crippen LogP) is 1.84. The van der Waals surface area contributed by atoms with Gasteiger partial charge in [0, 0.05) is 37.6 Å². The molecule has 0 aromatic carbocycles. The van der Waals surface area contributed by atoms with E-state index < -0.39 is 0 Å². The average molecular weight is 281 g/mol. The molecular formula is C16H31N3O. The Hall–Kier alpha value is -0.610. The third kappa shape index (κ3) is 3.95. The molecule has 2 heterocycles. The zero-order chi connectivity index (χ0) is 14.9. The van der Waals surface area contributed by atoms with E-state index in [1.54, 1.807) is 0 Å². The summed E-state index contributed by atoms with van der Waals surface area (Å²) in [5.41, 5.74) is 6.35. The topological polar surface area (TPSA) is 49.6 Å². The molecule has 2 aliphatic rings. The van der Waals surface area contributed by atoms with Crippen LogP contribution < -0.4 is 5.73 Å². The van der Waals surface area contributed by atoms with E-state index in [0.717, 1.165) is 19.5 Å². The highest BCUT2D eigenvalue weighted by Crippen LogP contribution is 2.26. The third-order valence-corrected chi connectivity index (χ3v) is 4.57. The minimum absolute atomic E-state index is 0.0173. The van der Waals surface area contributed by atoms with Gasteiger partial charge in [0.1, 0.15) is 0 Å². The van der Waals surface area contributed by atoms with Gasteiger partial charge in [0.05, 0.1) is 0 Å². The van der Waals surface area contributed by atoms with Gasteiger partial charge in [-0.05, 0) is 38.1 Å². The number of nitrogens with two attached hydrogens (primary N) is 1. The highest BCUT2D eigenvalue weighted by Gasteiger charge is 2.36. The average Bonchev–Trinajstić information content (AvgIpc) is 2.71. The summed E-state index contributed by atoms with van der Waals surface area (Å²) in [5.74, 6) is 0.251. The molecule has 116 valence electrons. The van der Waals surface area contributed by atoms with Crippen LogP contribution in [0, 0.1) is 5.41 Å². The van der Waals surface area contributed by atoms with Crippen molar-refractivity contribution in [3.05, 3.63) is 0 Å². The van der Waals surface area contributed by atoms with Crippen molar-refractivity contribution >= 4 is 5.91 Å². The van der Waals surface area contributed by atoms with Crippen molar-refractivity contribution in [3.63, 3.8) is 0 Å². The minimum atomic E-state index is -0.0173. The second-order valence-electron chi connectivity index (χ2n) is 7.92. The lowest BCUT2D eigenvalue weighted by atomic mass is 9.87. The van der Waals surface area contributed by atoms with Crippen molar-refractivity contribution in [2.45, 2.75) is 71.5 Å². The Balaban J connectivity index is 1.88. The zero-order valence-electron chi connectivity index (χ0n) is 13.6. The molecule has 2 N–H and O–H groups in total. The van der Waals surface area contributed by atoms with Crippen molar-refractivity contribution in [2.24, 2.45) is 11.1 Å². The Morgan fingerprint density at radius 2 is 2.05 bits per heavy atom. The number of amides is 1. The molecule has 0 aliphatic carbocycles. The summed E-state index contributed by atoms with van der Waals surface area (Å²) in [7, 11) is 0. The van der Waals surface area contributed by atoms with E-state index in [1.165, 1.54) is 19.4 Å². The van der Waals surface area contributed by atoms with Crippen molar-refractivity contribution in [1.29, 1.82) is 0 Å². The first-order chi connectivity index (χ1) is 9.26. The number of carbonyl (C=O) groups is 1. The second-order valence-corrected chi connectivity index (χ2v) is 7.92. The quantitative estimate of drug-likeness (QED) is 0.858. The van der Waals surface area contributed by atoms with E-state index in [9.17, 15) is 4.79 Å². The van der Waals surface area contributed by atoms with Gasteiger partial charge in [0.2, 0.25) is 5.91 Å². The van der Waals surface area contributed by atoms with Gasteiger partial charge in [0.25, 0.3) is 0 Å². The number of fused-ring (bicyclic) bond motifs is 1. The van der Waals surface area contributed by atoms with Crippen LogP contribution in [0.4, 0.5) is 0 Å². The largest absolute Gasteiger partial charge is 0.337 e. The first kappa shape index (κ1) is 15.8. The molecule has 0 aromatic heterocycles. The lowest BCUT2D eigenvalue weighted by molar-refractivity contribution is -0.137. The molecule has 0 radical (unpaired) electrons. The number of rotatable bonds is 3. The molecule has 4 heteroatoms. The third-order valence-electron chi connectivity index (χ3n) is 4.57. The molecule has 0 saturated carbocycles. The van der Waals surface area contributed by atoms with Crippen LogP contribution in [0.25, 0.3) is 0 Å². The number of carbonyl (C=O) groups excluding carboxylic acids is 1. The van der Waals surface area contributed by atoms with Gasteiger partial charge in [-0.1, -0.05) is 20.8 Å². The molecular weight excluding hydrogens is 250 g/mol. The van der Waals surface area contributed by atoms with Crippen LogP contribution in [0.5, 0.6) is 0 Å². The maximum absolute atomic E-state index is 12.5. The van der Waals surface area contributed by atoms with Crippen LogP contribution in [0.3, 0.4) is 0 Å². The SMILES string of the molecule is CC1CN2CCCC2CN1C(=O)CC(N)CC(C)(C)C. The summed E-state index contributed by atoms with van der Waals surface area (Å²) in [6, 6.07) is 0.906. The monoisotopic (exact) mass is 281 g/mol. The van der Waals surface area contributed by atoms with Gasteiger partial charge < -0.3 is 10.6 Å². The van der Waals surface area contributed by atoms with Crippen LogP contribution in [-0.2, 0) is 4.79 Å². The van der Waals surface area contributed by atoms with E-state index in [-0.39, 0.29) is 17.4 Å². The summed E-state index contributed by atoms with van der Waals surface area (Å²) >= 11 is 0. The van der Waals surface area contributed by atoms with Crippen LogP contribution >= 0.6 is 0 Å². The molecule has 0 spiro atoms. The van der Waals surface area contributed by atoms with E-state index in [4.69, 9.17) is 5.73 Å². The summed E-state index contributed by atoms with van der Waals surface area (Å²) < 4.78 is 0. The predicted molar refractivity (Wildman–Crippen MR) is 82.4 cm³/mol. The second kappa shape index (κ2) is 6.02. The van der Waals surface area contributed by atoms with E-state index >= 15 is 0 Å². The Kier molecular flexibility index (Phi) is 4.75. The zero-order valence-corrected chi connectivity index (χ0v) is 13.6. The fourth-order valence-corrected chi connectivity index (χ4v) is 3.74. The molecule has 1 amide bonds. The molecule has 0 bridgehead atoms. The van der Waals surface area contributed by atoms with Crippen LogP contribution in [0.1, 0.15) is 53.4 Å². The molecule has 3 unspecified atom stereocenters. The van der Waals surface area contributed by atoms with E-state index in [0.29, 0.717) is 18.5 Å². The number of hydrogen-bond acceptors (Lipinski definition) is 3. The van der Waals surface area contributed by atoms with Gasteiger partial charge in [-0.3, -0.25) is 9.69 Å². The molecule has 4 nitrogen and oxygen atoms in total. The van der Waals surface area contributed by atoms with Crippen molar-refractivity contribution in [3.8, 4) is 0 Å². The maximum atomic E-state index is 12.5. The summed E-state index contributed by atoms with van der Waals surface area (Å²) in [4.78, 5) is 17.1. The standard InChI is InChI=1S/C16H31N3O/c1-12-10-18-7-5-6-14(18)11-19(12)15(20)8-13(17)9-16(2,3)4/h12-14H,5-11,17H2,1-4H3. The Morgan fingerprint density at radius 1 is 1.35 bits per heavy atom. The molecule has 2 rings (SSSR count). The normalized spacial score (nSPS) is 29.4. The Morgan fingerprint density at radius 3 is 2.70 bits per heavy atom. The molecule has 2 aliphatic heterocycles. The van der Waals surface area contributed by atoms with Crippen LogP contribution in [0.2, 0.25) is 0 Å². The summed E-state index contributed by atoms with van der Waals surface area (Å²) in [6.07, 6.45) is 3.92. The smallest absolute Gasteiger partial charge is 0.224 e. The van der Waals surface area contributed by atoms with Gasteiger partial charge in [0.15, 0.2) is 0 Å². The van der Waals surface area contributed by atoms with Gasteiger partial charge in [-0.15, -0.1) is 0 Å². The van der Waals surface area contributed by atoms with E-state index in [1.807, 2.05) is 0 Å². The van der Waals surface area contributed by atoms with Gasteiger partial charge >= 0.3 is 0 Å². The maximum Gasteiger partial charge on any atom is 0.224 e. The van der Waals surface area contributed by atoms with Crippen molar-refractivity contribution in [1.82, 2.24) is 9.80 Å². The van der Waals surface area contributed by atoms with E-state index in [2.05, 4.69) is 37.5 Å². The highest BCUT2D eigenvalue weighted by atomic mass is 16.2. The molecule has 2 fully saturated rings. The van der Waals surface area contributed by atoms with Crippen molar-refractivity contribution in [2.75, 3.05) is 19.6 Å². The number of nitrogens with zero attached hydrogens (tertiary/aromatic N) is 2. The first-order valence-corrected chi connectivity index (χ1v) is 8.05. The number of hydrogen-bond donors (Lipinski definition) is 1. The molecule has 3 atom stereocenters.